The topological polar surface area (TPSA) is 107 Å². The van der Waals surface area contributed by atoms with Gasteiger partial charge in [0.15, 0.2) is 0 Å². The zero-order valence-corrected chi connectivity index (χ0v) is 4.15. The van der Waals surface area contributed by atoms with Gasteiger partial charge < -0.3 is 26.2 Å². The maximum absolute atomic E-state index is 8.19. The first-order valence-corrected chi connectivity index (χ1v) is 2.02. The molecule has 0 bridgehead atoms. The van der Waals surface area contributed by atoms with Crippen molar-refractivity contribution < 1.29 is 20.4 Å². The Morgan fingerprint density at radius 2 is 1.75 bits per heavy atom. The van der Waals surface area contributed by atoms with Crippen molar-refractivity contribution in [3.63, 3.8) is 0 Å². The Bertz CT molecular complexity index is 66.2. The van der Waals surface area contributed by atoms with E-state index in [0.717, 1.165) is 0 Å². The van der Waals surface area contributed by atoms with Gasteiger partial charge in [-0.25, -0.2) is 0 Å². The van der Waals surface area contributed by atoms with Crippen molar-refractivity contribution in [1.82, 2.24) is 0 Å². The summed E-state index contributed by atoms with van der Waals surface area (Å²) in [7, 11) is 0. The summed E-state index contributed by atoms with van der Waals surface area (Å²) < 4.78 is 0. The molecule has 0 aliphatic carbocycles. The van der Waals surface area contributed by atoms with Crippen LogP contribution in [0.3, 0.4) is 0 Å². The maximum atomic E-state index is 8.19. The Morgan fingerprint density at radius 3 is 1.75 bits per heavy atom. The highest BCUT2D eigenvalue weighted by Crippen LogP contribution is 1.99. The van der Waals surface area contributed by atoms with Crippen LogP contribution < -0.4 is 5.73 Å². The molecule has 6 N–H and O–H groups in total. The fraction of sp³-hybridized carbons (Fsp3) is 1.00. The average Bonchev–Trinajstić information content (AvgIpc) is 1.21. The third-order valence-corrected chi connectivity index (χ3v) is 0.483. The first-order valence-electron chi connectivity index (χ1n) is 2.02. The summed E-state index contributed by atoms with van der Waals surface area (Å²) in [5.74, 6) is -2.85. The normalized spacial score (nSPS) is 16.1. The lowest BCUT2D eigenvalue weighted by Gasteiger charge is -2.14. The van der Waals surface area contributed by atoms with Crippen LogP contribution in [0.25, 0.3) is 0 Å². The Hall–Kier alpha value is -0.200. The molecule has 0 fully saturated rings. The molecule has 1 unspecified atom stereocenters. The molecule has 0 spiro atoms. The van der Waals surface area contributed by atoms with Gasteiger partial charge in [-0.05, 0) is 0 Å². The van der Waals surface area contributed by atoms with E-state index in [1.165, 1.54) is 0 Å². The van der Waals surface area contributed by atoms with Gasteiger partial charge in [0, 0.05) is 0 Å². The van der Waals surface area contributed by atoms with Gasteiger partial charge in [-0.15, -0.1) is 0 Å². The summed E-state index contributed by atoms with van der Waals surface area (Å²) in [5.41, 5.74) is 4.65. The molecular weight excluding hydrogens is 114 g/mol. The van der Waals surface area contributed by atoms with Crippen LogP contribution in [0.5, 0.6) is 0 Å². The molecule has 0 radical (unpaired) electrons. The van der Waals surface area contributed by atoms with E-state index >= 15 is 0 Å². The Kier molecular flexibility index (Phi) is 2.32. The molecule has 8 heavy (non-hydrogen) atoms. The molecule has 0 rings (SSSR count). The van der Waals surface area contributed by atoms with Crippen LogP contribution in [0.1, 0.15) is 6.42 Å². The predicted molar refractivity (Wildman–Crippen MR) is 24.2 cm³/mol. The average molecular weight is 123 g/mol. The second kappa shape index (κ2) is 2.38. The van der Waals surface area contributed by atoms with Gasteiger partial charge in [-0.3, -0.25) is 0 Å². The fourth-order valence-electron chi connectivity index (χ4n) is 0.281. The summed E-state index contributed by atoms with van der Waals surface area (Å²) in [6.45, 7) is 0. The van der Waals surface area contributed by atoms with Crippen molar-refractivity contribution in [2.45, 2.75) is 18.6 Å². The minimum atomic E-state index is -2.85. The standard InChI is InChI=1S/C3H9NO4/c4-2(5)1-3(6,7)8/h2,5-8H,1,4H2. The van der Waals surface area contributed by atoms with Gasteiger partial charge in [0.05, 0.1) is 6.42 Å². The van der Waals surface area contributed by atoms with Crippen molar-refractivity contribution in [2.24, 2.45) is 5.73 Å². The highest BCUT2D eigenvalue weighted by Gasteiger charge is 2.20. The smallest absolute Gasteiger partial charge is 0.279 e. The molecule has 0 aromatic carbocycles. The predicted octanol–water partition coefficient (Wildman–Crippen LogP) is -2.72. The summed E-state index contributed by atoms with van der Waals surface area (Å²) >= 11 is 0. The minimum absolute atomic E-state index is 0.674. The number of nitrogens with two attached hydrogens (primary N) is 1. The van der Waals surface area contributed by atoms with Gasteiger partial charge in [0.1, 0.15) is 6.23 Å². The van der Waals surface area contributed by atoms with E-state index in [9.17, 15) is 0 Å². The number of aliphatic hydroxyl groups excluding tert-OH is 1. The van der Waals surface area contributed by atoms with Gasteiger partial charge in [-0.2, -0.15) is 0 Å². The van der Waals surface area contributed by atoms with Gasteiger partial charge >= 0.3 is 0 Å². The van der Waals surface area contributed by atoms with E-state index in [2.05, 4.69) is 5.73 Å². The number of hydrogen-bond donors (Lipinski definition) is 5. The molecule has 1 atom stereocenters. The van der Waals surface area contributed by atoms with E-state index in [1.807, 2.05) is 0 Å². The highest BCUT2D eigenvalue weighted by molar-refractivity contribution is 4.50. The van der Waals surface area contributed by atoms with Crippen LogP contribution in [0.2, 0.25) is 0 Å². The summed E-state index contributed by atoms with van der Waals surface area (Å²) in [5, 5.41) is 32.4. The maximum Gasteiger partial charge on any atom is 0.279 e. The lowest BCUT2D eigenvalue weighted by atomic mass is 10.3. The molecule has 0 aliphatic heterocycles. The SMILES string of the molecule is NC(O)CC(O)(O)O. The quantitative estimate of drug-likeness (QED) is 0.256. The van der Waals surface area contributed by atoms with Crippen molar-refractivity contribution >= 4 is 0 Å². The Balaban J connectivity index is 3.39. The molecular formula is C3H9NO4. The fourth-order valence-corrected chi connectivity index (χ4v) is 0.281. The van der Waals surface area contributed by atoms with Gasteiger partial charge in [0.2, 0.25) is 0 Å². The Labute approximate surface area is 46.0 Å². The second-order valence-corrected chi connectivity index (χ2v) is 1.55. The molecule has 5 heteroatoms. The van der Waals surface area contributed by atoms with Crippen LogP contribution in [0, 0.1) is 0 Å². The number of hydrogen-bond acceptors (Lipinski definition) is 5. The molecule has 0 saturated heterocycles. The van der Waals surface area contributed by atoms with E-state index in [0.29, 0.717) is 0 Å². The summed E-state index contributed by atoms with van der Waals surface area (Å²) in [4.78, 5) is 0. The van der Waals surface area contributed by atoms with Crippen LogP contribution in [0.15, 0.2) is 0 Å². The highest BCUT2D eigenvalue weighted by atomic mass is 16.7. The monoisotopic (exact) mass is 123 g/mol. The van der Waals surface area contributed by atoms with Crippen LogP contribution in [-0.4, -0.2) is 32.6 Å². The van der Waals surface area contributed by atoms with Gasteiger partial charge in [0.25, 0.3) is 5.97 Å². The molecule has 0 aromatic heterocycles. The summed E-state index contributed by atoms with van der Waals surface area (Å²) in [6.07, 6.45) is -2.08. The van der Waals surface area contributed by atoms with E-state index in [4.69, 9.17) is 20.4 Å². The van der Waals surface area contributed by atoms with Crippen LogP contribution in [-0.2, 0) is 0 Å². The molecule has 0 heterocycles. The largest absolute Gasteiger partial charge is 0.379 e. The third-order valence-electron chi connectivity index (χ3n) is 0.483. The van der Waals surface area contributed by atoms with E-state index < -0.39 is 18.6 Å². The van der Waals surface area contributed by atoms with Crippen molar-refractivity contribution in [2.75, 3.05) is 0 Å². The lowest BCUT2D eigenvalue weighted by molar-refractivity contribution is -0.322. The van der Waals surface area contributed by atoms with Crippen molar-refractivity contribution in [1.29, 1.82) is 0 Å². The summed E-state index contributed by atoms with van der Waals surface area (Å²) in [6, 6.07) is 0. The van der Waals surface area contributed by atoms with E-state index in [1.54, 1.807) is 0 Å². The first kappa shape index (κ1) is 7.80. The lowest BCUT2D eigenvalue weighted by Crippen LogP contribution is -2.36. The number of aliphatic hydroxyl groups is 4. The zero-order valence-electron chi connectivity index (χ0n) is 4.15. The minimum Gasteiger partial charge on any atom is -0.379 e. The van der Waals surface area contributed by atoms with Crippen LogP contribution >= 0.6 is 0 Å². The zero-order chi connectivity index (χ0) is 6.78. The Morgan fingerprint density at radius 1 is 1.38 bits per heavy atom. The molecule has 0 aliphatic rings. The van der Waals surface area contributed by atoms with Crippen LogP contribution in [0.4, 0.5) is 0 Å². The molecule has 0 aromatic rings. The van der Waals surface area contributed by atoms with Crippen molar-refractivity contribution in [3.8, 4) is 0 Å². The first-order chi connectivity index (χ1) is 3.42. The molecule has 5 nitrogen and oxygen atoms in total. The number of rotatable bonds is 2. The molecule has 0 amide bonds. The third kappa shape index (κ3) is 5.80. The van der Waals surface area contributed by atoms with Crippen molar-refractivity contribution in [3.05, 3.63) is 0 Å². The molecule has 50 valence electrons. The molecule has 0 saturated carbocycles. The van der Waals surface area contributed by atoms with Gasteiger partial charge in [-0.1, -0.05) is 0 Å². The second-order valence-electron chi connectivity index (χ2n) is 1.55. The van der Waals surface area contributed by atoms with E-state index in [-0.39, 0.29) is 0 Å².